The summed E-state index contributed by atoms with van der Waals surface area (Å²) in [5.74, 6) is -0.842. The molecule has 0 aliphatic carbocycles. The van der Waals surface area contributed by atoms with Crippen molar-refractivity contribution >= 4 is 0 Å². The molecule has 0 bridgehead atoms. The molecule has 0 spiro atoms. The molecule has 0 heterocycles. The lowest BCUT2D eigenvalue weighted by atomic mass is 10.00. The predicted molar refractivity (Wildman–Crippen MR) is 56.8 cm³/mol. The van der Waals surface area contributed by atoms with E-state index in [0.29, 0.717) is 0 Å². The van der Waals surface area contributed by atoms with Crippen LogP contribution >= 0.6 is 0 Å². The third-order valence-corrected chi connectivity index (χ3v) is 1.95. The van der Waals surface area contributed by atoms with Crippen LogP contribution in [-0.2, 0) is 6.18 Å². The van der Waals surface area contributed by atoms with E-state index in [1.807, 2.05) is 13.8 Å². The second kappa shape index (κ2) is 5.87. The maximum absolute atomic E-state index is 13.0. The third-order valence-electron chi connectivity index (χ3n) is 1.95. The highest BCUT2D eigenvalue weighted by atomic mass is 19.4. The minimum Gasteiger partial charge on any atom is -0.207 e. The molecular formula is C12H16F4. The molecule has 0 atom stereocenters. The summed E-state index contributed by atoms with van der Waals surface area (Å²) in [5.41, 5.74) is -0.706. The number of alkyl halides is 3. The van der Waals surface area contributed by atoms with Crippen molar-refractivity contribution in [3.63, 3.8) is 0 Å². The van der Waals surface area contributed by atoms with Gasteiger partial charge in [-0.1, -0.05) is 27.7 Å². The van der Waals surface area contributed by atoms with Gasteiger partial charge >= 0.3 is 6.18 Å². The van der Waals surface area contributed by atoms with E-state index in [-0.39, 0.29) is 11.5 Å². The van der Waals surface area contributed by atoms with Gasteiger partial charge in [-0.25, -0.2) is 4.39 Å². The van der Waals surface area contributed by atoms with Gasteiger partial charge in [0.05, 0.1) is 5.56 Å². The summed E-state index contributed by atoms with van der Waals surface area (Å²) >= 11 is 0. The van der Waals surface area contributed by atoms with Crippen molar-refractivity contribution in [2.75, 3.05) is 0 Å². The molecule has 92 valence electrons. The number of hydrogen-bond donors (Lipinski definition) is 0. The van der Waals surface area contributed by atoms with Crippen LogP contribution in [0.5, 0.6) is 0 Å². The number of hydrogen-bond acceptors (Lipinski definition) is 0. The van der Waals surface area contributed by atoms with Crippen LogP contribution in [-0.4, -0.2) is 0 Å². The van der Waals surface area contributed by atoms with Crippen LogP contribution in [0.4, 0.5) is 17.6 Å². The first-order valence-corrected chi connectivity index (χ1v) is 5.19. The van der Waals surface area contributed by atoms with Gasteiger partial charge in [0.15, 0.2) is 0 Å². The van der Waals surface area contributed by atoms with Crippen LogP contribution in [0.1, 0.15) is 44.7 Å². The molecule has 1 aromatic carbocycles. The summed E-state index contributed by atoms with van der Waals surface area (Å²) in [7, 11) is 0. The van der Waals surface area contributed by atoms with E-state index in [9.17, 15) is 17.6 Å². The molecule has 0 saturated carbocycles. The zero-order valence-electron chi connectivity index (χ0n) is 9.82. The average molecular weight is 236 g/mol. The zero-order valence-corrected chi connectivity index (χ0v) is 9.82. The van der Waals surface area contributed by atoms with Crippen molar-refractivity contribution in [3.8, 4) is 0 Å². The second-order valence-corrected chi connectivity index (χ2v) is 3.39. The Hall–Kier alpha value is -1.06. The Balaban J connectivity index is 0.00000106. The first kappa shape index (κ1) is 14.9. The summed E-state index contributed by atoms with van der Waals surface area (Å²) in [6.07, 6.45) is -4.41. The summed E-state index contributed by atoms with van der Waals surface area (Å²) in [6, 6.07) is 2.47. The maximum Gasteiger partial charge on any atom is 0.416 e. The van der Waals surface area contributed by atoms with Crippen molar-refractivity contribution in [1.29, 1.82) is 0 Å². The van der Waals surface area contributed by atoms with E-state index in [0.717, 1.165) is 18.2 Å². The van der Waals surface area contributed by atoms with Gasteiger partial charge < -0.3 is 0 Å². The Kier molecular flexibility index (Phi) is 5.48. The third kappa shape index (κ3) is 3.83. The Labute approximate surface area is 93.3 Å². The normalized spacial score (nSPS) is 11.1. The maximum atomic E-state index is 13.0. The highest BCUT2D eigenvalue weighted by molar-refractivity contribution is 5.29. The molecule has 0 aliphatic rings. The van der Waals surface area contributed by atoms with Crippen LogP contribution in [0.25, 0.3) is 0 Å². The van der Waals surface area contributed by atoms with Gasteiger partial charge in [0, 0.05) is 0 Å². The number of rotatable bonds is 1. The molecule has 0 amide bonds. The summed E-state index contributed by atoms with van der Waals surface area (Å²) in [6.45, 7) is 7.30. The van der Waals surface area contributed by atoms with Gasteiger partial charge in [-0.3, -0.25) is 0 Å². The molecule has 0 unspecified atom stereocenters. The molecule has 0 nitrogen and oxygen atoms in total. The quantitative estimate of drug-likeness (QED) is 0.602. The molecule has 16 heavy (non-hydrogen) atoms. The Bertz CT molecular complexity index is 326. The fourth-order valence-electron chi connectivity index (χ4n) is 1.16. The monoisotopic (exact) mass is 236 g/mol. The van der Waals surface area contributed by atoms with Crippen molar-refractivity contribution < 1.29 is 17.6 Å². The largest absolute Gasteiger partial charge is 0.416 e. The van der Waals surface area contributed by atoms with Crippen LogP contribution in [0.15, 0.2) is 18.2 Å². The zero-order chi connectivity index (χ0) is 12.9. The molecule has 0 radical (unpaired) electrons. The lowest BCUT2D eigenvalue weighted by molar-refractivity contribution is -0.137. The van der Waals surface area contributed by atoms with Crippen molar-refractivity contribution in [1.82, 2.24) is 0 Å². The Morgan fingerprint density at radius 2 is 1.56 bits per heavy atom. The van der Waals surface area contributed by atoms with E-state index < -0.39 is 17.6 Å². The molecule has 0 aliphatic heterocycles. The average Bonchev–Trinajstić information content (AvgIpc) is 2.19. The minimum absolute atomic E-state index is 0.0971. The van der Waals surface area contributed by atoms with E-state index in [4.69, 9.17) is 0 Å². The van der Waals surface area contributed by atoms with Crippen molar-refractivity contribution in [3.05, 3.63) is 35.1 Å². The second-order valence-electron chi connectivity index (χ2n) is 3.39. The topological polar surface area (TPSA) is 0 Å². The van der Waals surface area contributed by atoms with E-state index in [2.05, 4.69) is 0 Å². The molecule has 1 aromatic rings. The number of benzene rings is 1. The van der Waals surface area contributed by atoms with Crippen LogP contribution in [0, 0.1) is 5.82 Å². The molecule has 1 rings (SSSR count). The highest BCUT2D eigenvalue weighted by Crippen LogP contribution is 2.31. The van der Waals surface area contributed by atoms with Gasteiger partial charge in [0.25, 0.3) is 0 Å². The van der Waals surface area contributed by atoms with Crippen LogP contribution in [0.2, 0.25) is 0 Å². The lowest BCUT2D eigenvalue weighted by Crippen LogP contribution is -2.06. The highest BCUT2D eigenvalue weighted by Gasteiger charge is 2.31. The first-order chi connectivity index (χ1) is 7.32. The van der Waals surface area contributed by atoms with Gasteiger partial charge in [0.2, 0.25) is 0 Å². The SMILES string of the molecule is CC.CC(C)c1cc(C(F)(F)F)ccc1F. The Morgan fingerprint density at radius 3 is 1.94 bits per heavy atom. The van der Waals surface area contributed by atoms with Gasteiger partial charge in [-0.05, 0) is 29.7 Å². The van der Waals surface area contributed by atoms with Crippen LogP contribution in [0.3, 0.4) is 0 Å². The molecule has 4 heteroatoms. The van der Waals surface area contributed by atoms with E-state index in [1.165, 1.54) is 0 Å². The number of halogens is 4. The van der Waals surface area contributed by atoms with Crippen molar-refractivity contribution in [2.45, 2.75) is 39.8 Å². The van der Waals surface area contributed by atoms with E-state index in [1.54, 1.807) is 13.8 Å². The van der Waals surface area contributed by atoms with Crippen LogP contribution < -0.4 is 0 Å². The summed E-state index contributed by atoms with van der Waals surface area (Å²) in [4.78, 5) is 0. The fourth-order valence-corrected chi connectivity index (χ4v) is 1.16. The molecule has 0 saturated heterocycles. The Morgan fingerprint density at radius 1 is 1.06 bits per heavy atom. The molecule has 0 fully saturated rings. The fraction of sp³-hybridized carbons (Fsp3) is 0.500. The molecule has 0 aromatic heterocycles. The van der Waals surface area contributed by atoms with E-state index >= 15 is 0 Å². The smallest absolute Gasteiger partial charge is 0.207 e. The summed E-state index contributed by atoms with van der Waals surface area (Å²) in [5, 5.41) is 0. The lowest BCUT2D eigenvalue weighted by Gasteiger charge is -2.11. The van der Waals surface area contributed by atoms with Gasteiger partial charge in [-0.15, -0.1) is 0 Å². The minimum atomic E-state index is -4.41. The van der Waals surface area contributed by atoms with Crippen molar-refractivity contribution in [2.24, 2.45) is 0 Å². The molecular weight excluding hydrogens is 220 g/mol. The first-order valence-electron chi connectivity index (χ1n) is 5.19. The standard InChI is InChI=1S/C10H10F4.C2H6/c1-6(2)8-5-7(10(12,13)14)3-4-9(8)11;1-2/h3-6H,1-2H3;1-2H3. The van der Waals surface area contributed by atoms with Gasteiger partial charge in [0.1, 0.15) is 5.82 Å². The predicted octanol–water partition coefficient (Wildman–Crippen LogP) is 4.99. The molecule has 0 N–H and O–H groups in total. The van der Waals surface area contributed by atoms with Gasteiger partial charge in [-0.2, -0.15) is 13.2 Å². The summed E-state index contributed by atoms with van der Waals surface area (Å²) < 4.78 is 49.8.